The number of esters is 3. The molecule has 1 spiro atoms. The average Bonchev–Trinajstić information content (AvgIpc) is 2.78. The van der Waals surface area contributed by atoms with E-state index in [2.05, 4.69) is 0 Å². The maximum absolute atomic E-state index is 13.6. The molecule has 5 fully saturated rings. The smallest absolute Gasteiger partial charge is 0.399 e. The van der Waals surface area contributed by atoms with E-state index in [4.69, 9.17) is 14.2 Å². The summed E-state index contributed by atoms with van der Waals surface area (Å²) >= 11 is 3.25. The fourth-order valence-electron chi connectivity index (χ4n) is 6.34. The lowest BCUT2D eigenvalue weighted by atomic mass is 9.53. The minimum Gasteiger partial charge on any atom is -0.465 e. The highest BCUT2D eigenvalue weighted by Gasteiger charge is 2.66. The molecule has 1 heterocycles. The second kappa shape index (κ2) is 10.1. The van der Waals surface area contributed by atoms with E-state index < -0.39 is 47.4 Å². The lowest BCUT2D eigenvalue weighted by Gasteiger charge is -2.65. The van der Waals surface area contributed by atoms with E-state index in [0.717, 1.165) is 12.8 Å². The molecule has 0 radical (unpaired) electrons. The molecule has 5 aliphatic rings. The Morgan fingerprint density at radius 1 is 0.892 bits per heavy atom. The van der Waals surface area contributed by atoms with Crippen molar-refractivity contribution in [3.8, 4) is 0 Å². The second-order valence-electron chi connectivity index (χ2n) is 11.1. The zero-order chi connectivity index (χ0) is 27.3. The van der Waals surface area contributed by atoms with E-state index in [0.29, 0.717) is 37.7 Å². The molecule has 0 aromatic carbocycles. The van der Waals surface area contributed by atoms with Gasteiger partial charge in [-0.05, 0) is 49.9 Å². The van der Waals surface area contributed by atoms with Gasteiger partial charge in [0.05, 0.1) is 9.49 Å². The van der Waals surface area contributed by atoms with Gasteiger partial charge in [0.2, 0.25) is 0 Å². The zero-order valence-electron chi connectivity index (χ0n) is 20.7. The SMILES string of the molecule is CCC(=O)OCC1(COC(=O)CC(F)(F)F)CSC2(SC1)C1CC3CC2CC(OC(=O)C(C)(F)F)(C3)C1. The van der Waals surface area contributed by atoms with E-state index in [-0.39, 0.29) is 41.5 Å². The number of hydrogen-bond donors (Lipinski definition) is 0. The van der Waals surface area contributed by atoms with Crippen LogP contribution in [0.25, 0.3) is 0 Å². The van der Waals surface area contributed by atoms with Gasteiger partial charge in [-0.2, -0.15) is 22.0 Å². The molecule has 0 N–H and O–H groups in total. The molecule has 4 bridgehead atoms. The lowest BCUT2D eigenvalue weighted by molar-refractivity contribution is -0.208. The van der Waals surface area contributed by atoms with Crippen LogP contribution < -0.4 is 0 Å². The van der Waals surface area contributed by atoms with Crippen LogP contribution in [-0.2, 0) is 28.6 Å². The fraction of sp³-hybridized carbons (Fsp3) is 0.875. The van der Waals surface area contributed by atoms with E-state index in [1.54, 1.807) is 30.4 Å². The molecule has 0 amide bonds. The van der Waals surface area contributed by atoms with Gasteiger partial charge in [-0.15, -0.1) is 23.5 Å². The first kappa shape index (κ1) is 28.8. The molecule has 1 aliphatic heterocycles. The predicted octanol–water partition coefficient (Wildman–Crippen LogP) is 5.38. The van der Waals surface area contributed by atoms with Crippen molar-refractivity contribution in [2.75, 3.05) is 24.7 Å². The first-order valence-electron chi connectivity index (χ1n) is 12.4. The largest absolute Gasteiger partial charge is 0.465 e. The lowest BCUT2D eigenvalue weighted by Crippen LogP contribution is -2.64. The molecule has 5 rings (SSSR count). The van der Waals surface area contributed by atoms with Crippen molar-refractivity contribution in [2.24, 2.45) is 23.2 Å². The molecule has 37 heavy (non-hydrogen) atoms. The van der Waals surface area contributed by atoms with Gasteiger partial charge in [-0.3, -0.25) is 9.59 Å². The van der Waals surface area contributed by atoms with Crippen LogP contribution in [0.5, 0.6) is 0 Å². The molecule has 4 aliphatic carbocycles. The van der Waals surface area contributed by atoms with Crippen LogP contribution in [-0.4, -0.2) is 64.4 Å². The van der Waals surface area contributed by atoms with Crippen molar-refractivity contribution in [3.05, 3.63) is 0 Å². The number of halogens is 5. The van der Waals surface area contributed by atoms with Crippen molar-refractivity contribution in [2.45, 2.75) is 80.6 Å². The zero-order valence-corrected chi connectivity index (χ0v) is 22.3. The summed E-state index contributed by atoms with van der Waals surface area (Å²) in [6, 6.07) is 0. The van der Waals surface area contributed by atoms with Gasteiger partial charge in [0, 0.05) is 24.9 Å². The summed E-state index contributed by atoms with van der Waals surface area (Å²) in [6.07, 6.45) is -2.91. The number of carbonyl (C=O) groups is 3. The third kappa shape index (κ3) is 6.17. The quantitative estimate of drug-likeness (QED) is 0.217. The van der Waals surface area contributed by atoms with Crippen LogP contribution in [0.2, 0.25) is 0 Å². The molecule has 13 heteroatoms. The van der Waals surface area contributed by atoms with Crippen molar-refractivity contribution >= 4 is 41.4 Å². The maximum Gasteiger partial charge on any atom is 0.399 e. The van der Waals surface area contributed by atoms with Crippen molar-refractivity contribution in [1.82, 2.24) is 0 Å². The van der Waals surface area contributed by atoms with Crippen molar-refractivity contribution < 1.29 is 50.5 Å². The minimum absolute atomic E-state index is 0.0832. The number of thioether (sulfide) groups is 2. The Morgan fingerprint density at radius 3 is 1.92 bits per heavy atom. The van der Waals surface area contributed by atoms with Crippen molar-refractivity contribution in [1.29, 1.82) is 0 Å². The van der Waals surface area contributed by atoms with Gasteiger partial charge in [0.25, 0.3) is 0 Å². The standard InChI is InChI=1S/C24H31F5O6S2/c1-3-17(30)33-10-21(11-34-18(31)9-23(27,28)29)12-36-24(37-13-21)15-4-14-5-16(24)8-22(6-14,7-15)35-19(32)20(2,25)26/h14-16H,3-13H2,1-2H3. The first-order valence-corrected chi connectivity index (χ1v) is 14.3. The molecular weight excluding hydrogens is 543 g/mol. The first-order chi connectivity index (χ1) is 17.1. The Morgan fingerprint density at radius 2 is 1.43 bits per heavy atom. The normalized spacial score (nSPS) is 36.9. The summed E-state index contributed by atoms with van der Waals surface area (Å²) in [5.74, 6) is -5.60. The summed E-state index contributed by atoms with van der Waals surface area (Å²) in [5, 5.41) is 0. The predicted molar refractivity (Wildman–Crippen MR) is 126 cm³/mol. The Balaban J connectivity index is 1.46. The molecule has 2 unspecified atom stereocenters. The van der Waals surface area contributed by atoms with Crippen LogP contribution in [0.1, 0.15) is 58.8 Å². The number of hydrogen-bond acceptors (Lipinski definition) is 8. The monoisotopic (exact) mass is 574 g/mol. The van der Waals surface area contributed by atoms with Gasteiger partial charge < -0.3 is 14.2 Å². The Labute approximate surface area is 220 Å². The third-order valence-corrected chi connectivity index (χ3v) is 12.3. The summed E-state index contributed by atoms with van der Waals surface area (Å²) < 4.78 is 80.5. The average molecular weight is 575 g/mol. The summed E-state index contributed by atoms with van der Waals surface area (Å²) in [4.78, 5) is 35.6. The van der Waals surface area contributed by atoms with Crippen LogP contribution in [0.15, 0.2) is 0 Å². The van der Waals surface area contributed by atoms with E-state index in [9.17, 15) is 36.3 Å². The molecule has 1 saturated heterocycles. The minimum atomic E-state index is -4.68. The highest BCUT2D eigenvalue weighted by atomic mass is 32.2. The number of rotatable bonds is 8. The summed E-state index contributed by atoms with van der Waals surface area (Å²) in [7, 11) is 0. The second-order valence-corrected chi connectivity index (χ2v) is 13.8. The maximum atomic E-state index is 13.6. The van der Waals surface area contributed by atoms with Crippen LogP contribution >= 0.6 is 23.5 Å². The van der Waals surface area contributed by atoms with Gasteiger partial charge in [0.15, 0.2) is 0 Å². The summed E-state index contributed by atoms with van der Waals surface area (Å²) in [5.41, 5.74) is -1.74. The molecule has 4 saturated carbocycles. The van der Waals surface area contributed by atoms with E-state index in [1.807, 2.05) is 0 Å². The van der Waals surface area contributed by atoms with Gasteiger partial charge >= 0.3 is 30.0 Å². The highest BCUT2D eigenvalue weighted by Crippen LogP contribution is 2.70. The third-order valence-electron chi connectivity index (χ3n) is 7.86. The topological polar surface area (TPSA) is 78.9 Å². The van der Waals surface area contributed by atoms with Gasteiger partial charge in [0.1, 0.15) is 25.2 Å². The fourth-order valence-corrected chi connectivity index (χ4v) is 10.4. The van der Waals surface area contributed by atoms with Crippen LogP contribution in [0.3, 0.4) is 0 Å². The van der Waals surface area contributed by atoms with Crippen LogP contribution in [0.4, 0.5) is 22.0 Å². The highest BCUT2D eigenvalue weighted by molar-refractivity contribution is 8.18. The van der Waals surface area contributed by atoms with Crippen molar-refractivity contribution in [3.63, 3.8) is 0 Å². The van der Waals surface area contributed by atoms with Gasteiger partial charge in [-0.25, -0.2) is 4.79 Å². The molecule has 2 atom stereocenters. The van der Waals surface area contributed by atoms with E-state index in [1.165, 1.54) is 0 Å². The Bertz CT molecular complexity index is 894. The number of alkyl halides is 5. The summed E-state index contributed by atoms with van der Waals surface area (Å²) in [6.45, 7) is 1.78. The van der Waals surface area contributed by atoms with E-state index >= 15 is 0 Å². The number of carbonyl (C=O) groups excluding carboxylic acids is 3. The Kier molecular flexibility index (Phi) is 7.82. The molecule has 6 nitrogen and oxygen atoms in total. The molecule has 210 valence electrons. The Hall–Kier alpha value is -1.24. The van der Waals surface area contributed by atoms with Crippen LogP contribution in [0, 0.1) is 23.2 Å². The molecule has 0 aromatic heterocycles. The molecule has 0 aromatic rings. The number of ether oxygens (including phenoxy) is 3. The van der Waals surface area contributed by atoms with Gasteiger partial charge in [-0.1, -0.05) is 6.92 Å². The molecular formula is C24H31F5O6S2.